The molecule has 1 aromatic heterocycles. The highest BCUT2D eigenvalue weighted by molar-refractivity contribution is 7.13. The number of hydrogen-bond acceptors (Lipinski definition) is 3. The summed E-state index contributed by atoms with van der Waals surface area (Å²) in [5.41, 5.74) is -0.485. The number of para-hydroxylation sites is 1. The molecule has 0 radical (unpaired) electrons. The van der Waals surface area contributed by atoms with Gasteiger partial charge < -0.3 is 5.11 Å². The Balaban J connectivity index is 2.42. The van der Waals surface area contributed by atoms with Gasteiger partial charge in [0.1, 0.15) is 5.01 Å². The Bertz CT molecular complexity index is 610. The van der Waals surface area contributed by atoms with Crippen LogP contribution in [0.2, 0.25) is 0 Å². The molecule has 0 unspecified atom stereocenters. The molecule has 100 valence electrons. The van der Waals surface area contributed by atoms with Crippen molar-refractivity contribution in [1.29, 1.82) is 0 Å². The summed E-state index contributed by atoms with van der Waals surface area (Å²) in [5.74, 6) is 0. The summed E-state index contributed by atoms with van der Waals surface area (Å²) in [6.45, 7) is 0. The van der Waals surface area contributed by atoms with E-state index in [1.807, 2.05) is 0 Å². The van der Waals surface area contributed by atoms with E-state index in [9.17, 15) is 18.0 Å². The molecular weight excluding hydrogens is 281 g/mol. The number of anilines is 1. The molecule has 2 N–H and O–H groups in total. The van der Waals surface area contributed by atoms with Crippen LogP contribution in [0.15, 0.2) is 29.6 Å². The van der Waals surface area contributed by atoms with Crippen molar-refractivity contribution in [3.05, 3.63) is 35.3 Å². The average Bonchev–Trinajstić information content (AvgIpc) is 2.77. The van der Waals surface area contributed by atoms with Gasteiger partial charge in [-0.2, -0.15) is 13.2 Å². The highest BCUT2D eigenvalue weighted by Crippen LogP contribution is 2.35. The number of benzene rings is 1. The summed E-state index contributed by atoms with van der Waals surface area (Å²) in [7, 11) is 0. The molecule has 1 amide bonds. The number of thiazole rings is 1. The molecule has 0 aliphatic carbocycles. The smallest absolute Gasteiger partial charge is 0.434 e. The van der Waals surface area contributed by atoms with Crippen LogP contribution < -0.4 is 5.32 Å². The number of carboxylic acid groups (broad SMARTS) is 1. The molecule has 4 nitrogen and oxygen atoms in total. The molecule has 2 aromatic rings. The summed E-state index contributed by atoms with van der Waals surface area (Å²) in [5, 5.41) is 11.8. The van der Waals surface area contributed by atoms with E-state index >= 15 is 0 Å². The van der Waals surface area contributed by atoms with Gasteiger partial charge in [0.15, 0.2) is 5.69 Å². The third-order valence-electron chi connectivity index (χ3n) is 2.19. The molecule has 0 aliphatic rings. The normalized spacial score (nSPS) is 11.3. The summed E-state index contributed by atoms with van der Waals surface area (Å²) in [6, 6.07) is 6.13. The van der Waals surface area contributed by atoms with Gasteiger partial charge in [0.05, 0.1) is 5.69 Å². The van der Waals surface area contributed by atoms with Gasteiger partial charge in [-0.1, -0.05) is 12.1 Å². The van der Waals surface area contributed by atoms with Gasteiger partial charge in [0.25, 0.3) is 0 Å². The molecular formula is C11H7F3N2O2S. The van der Waals surface area contributed by atoms with Crippen LogP contribution in [-0.4, -0.2) is 16.2 Å². The average molecular weight is 288 g/mol. The fourth-order valence-corrected chi connectivity index (χ4v) is 2.29. The van der Waals surface area contributed by atoms with Crippen molar-refractivity contribution in [2.45, 2.75) is 6.18 Å². The zero-order valence-electron chi connectivity index (χ0n) is 9.23. The van der Waals surface area contributed by atoms with Crippen molar-refractivity contribution < 1.29 is 23.1 Å². The quantitative estimate of drug-likeness (QED) is 0.880. The highest BCUT2D eigenvalue weighted by atomic mass is 32.1. The van der Waals surface area contributed by atoms with E-state index in [4.69, 9.17) is 5.11 Å². The lowest BCUT2D eigenvalue weighted by atomic mass is 10.2. The molecule has 19 heavy (non-hydrogen) atoms. The van der Waals surface area contributed by atoms with Crippen molar-refractivity contribution in [2.75, 3.05) is 5.32 Å². The van der Waals surface area contributed by atoms with Crippen LogP contribution in [0.3, 0.4) is 0 Å². The molecule has 0 saturated heterocycles. The molecule has 0 atom stereocenters. The van der Waals surface area contributed by atoms with E-state index in [1.165, 1.54) is 12.1 Å². The van der Waals surface area contributed by atoms with Gasteiger partial charge in [-0.05, 0) is 12.1 Å². The number of aromatic nitrogens is 1. The maximum atomic E-state index is 12.5. The minimum Gasteiger partial charge on any atom is -0.465 e. The molecule has 0 saturated carbocycles. The van der Waals surface area contributed by atoms with Crippen LogP contribution in [-0.2, 0) is 6.18 Å². The Kier molecular flexibility index (Phi) is 3.43. The Labute approximate surface area is 109 Å². The molecule has 0 spiro atoms. The summed E-state index contributed by atoms with van der Waals surface area (Å²) >= 11 is 0.807. The van der Waals surface area contributed by atoms with Crippen LogP contribution >= 0.6 is 11.3 Å². The number of carbonyl (C=O) groups is 1. The SMILES string of the molecule is O=C(O)Nc1ccccc1-c1nc(C(F)(F)F)cs1. The predicted octanol–water partition coefficient (Wildman–Crippen LogP) is 3.92. The highest BCUT2D eigenvalue weighted by Gasteiger charge is 2.34. The molecule has 0 fully saturated rings. The lowest BCUT2D eigenvalue weighted by Crippen LogP contribution is -2.08. The molecule has 1 aromatic carbocycles. The fourth-order valence-electron chi connectivity index (χ4n) is 1.42. The number of halogens is 3. The Morgan fingerprint density at radius 3 is 2.58 bits per heavy atom. The largest absolute Gasteiger partial charge is 0.465 e. The van der Waals surface area contributed by atoms with Crippen LogP contribution in [0, 0.1) is 0 Å². The lowest BCUT2D eigenvalue weighted by molar-refractivity contribution is -0.140. The van der Waals surface area contributed by atoms with Gasteiger partial charge in [-0.15, -0.1) is 11.3 Å². The minimum atomic E-state index is -4.51. The molecule has 0 bridgehead atoms. The van der Waals surface area contributed by atoms with Crippen molar-refractivity contribution >= 4 is 23.1 Å². The summed E-state index contributed by atoms with van der Waals surface area (Å²) < 4.78 is 37.4. The van der Waals surface area contributed by atoms with Gasteiger partial charge >= 0.3 is 12.3 Å². The van der Waals surface area contributed by atoms with Crippen LogP contribution in [0.5, 0.6) is 0 Å². The topological polar surface area (TPSA) is 62.2 Å². The van der Waals surface area contributed by atoms with E-state index in [0.29, 0.717) is 5.56 Å². The number of nitrogens with zero attached hydrogens (tertiary/aromatic N) is 1. The Morgan fingerprint density at radius 1 is 1.32 bits per heavy atom. The number of alkyl halides is 3. The monoisotopic (exact) mass is 288 g/mol. The van der Waals surface area contributed by atoms with Crippen molar-refractivity contribution in [3.63, 3.8) is 0 Å². The zero-order chi connectivity index (χ0) is 14.0. The van der Waals surface area contributed by atoms with E-state index < -0.39 is 18.0 Å². The predicted molar refractivity (Wildman–Crippen MR) is 64.2 cm³/mol. The van der Waals surface area contributed by atoms with E-state index in [-0.39, 0.29) is 10.7 Å². The summed E-state index contributed by atoms with van der Waals surface area (Å²) in [4.78, 5) is 14.1. The molecule has 0 aliphatic heterocycles. The van der Waals surface area contributed by atoms with Gasteiger partial charge in [-0.25, -0.2) is 9.78 Å². The van der Waals surface area contributed by atoms with Crippen LogP contribution in [0.4, 0.5) is 23.7 Å². The van der Waals surface area contributed by atoms with E-state index in [0.717, 1.165) is 16.7 Å². The fraction of sp³-hybridized carbons (Fsp3) is 0.0909. The second-order valence-electron chi connectivity index (χ2n) is 3.51. The van der Waals surface area contributed by atoms with Gasteiger partial charge in [0, 0.05) is 10.9 Å². The third-order valence-corrected chi connectivity index (χ3v) is 3.07. The first-order chi connectivity index (χ1) is 8.88. The van der Waals surface area contributed by atoms with Gasteiger partial charge in [0.2, 0.25) is 0 Å². The van der Waals surface area contributed by atoms with E-state index in [1.54, 1.807) is 12.1 Å². The van der Waals surface area contributed by atoms with Crippen molar-refractivity contribution in [2.24, 2.45) is 0 Å². The molecule has 1 heterocycles. The van der Waals surface area contributed by atoms with Crippen molar-refractivity contribution in [3.8, 4) is 10.6 Å². The number of rotatable bonds is 2. The van der Waals surface area contributed by atoms with Crippen LogP contribution in [0.25, 0.3) is 10.6 Å². The second kappa shape index (κ2) is 4.88. The number of nitrogens with one attached hydrogen (secondary N) is 1. The zero-order valence-corrected chi connectivity index (χ0v) is 10.0. The first-order valence-corrected chi connectivity index (χ1v) is 5.88. The number of amides is 1. The standard InChI is InChI=1S/C11H7F3N2O2S/c12-11(13,14)8-5-19-9(16-8)6-3-1-2-4-7(6)15-10(17)18/h1-5,15H,(H,17,18). The maximum Gasteiger partial charge on any atom is 0.434 e. The Morgan fingerprint density at radius 2 is 2.00 bits per heavy atom. The summed E-state index contributed by atoms with van der Waals surface area (Å²) in [6.07, 6.45) is -5.80. The maximum absolute atomic E-state index is 12.5. The van der Waals surface area contributed by atoms with Crippen molar-refractivity contribution in [1.82, 2.24) is 4.98 Å². The van der Waals surface area contributed by atoms with Crippen LogP contribution in [0.1, 0.15) is 5.69 Å². The van der Waals surface area contributed by atoms with Gasteiger partial charge in [-0.3, -0.25) is 5.32 Å². The first-order valence-electron chi connectivity index (χ1n) is 5.00. The van der Waals surface area contributed by atoms with E-state index in [2.05, 4.69) is 10.3 Å². The first kappa shape index (κ1) is 13.3. The lowest BCUT2D eigenvalue weighted by Gasteiger charge is -2.06. The Hall–Kier alpha value is -2.09. The number of hydrogen-bond donors (Lipinski definition) is 2. The minimum absolute atomic E-state index is 0.108. The third kappa shape index (κ3) is 3.02. The second-order valence-corrected chi connectivity index (χ2v) is 4.37. The molecule has 2 rings (SSSR count). The molecule has 8 heteroatoms.